The van der Waals surface area contributed by atoms with Crippen molar-refractivity contribution in [3.8, 4) is 17.3 Å². The lowest BCUT2D eigenvalue weighted by atomic mass is 9.99. The molecule has 2 amide bonds. The highest BCUT2D eigenvalue weighted by atomic mass is 19.3. The topological polar surface area (TPSA) is 120 Å². The number of imidazole rings is 1. The second-order valence-corrected chi connectivity index (χ2v) is 13.5. The predicted octanol–water partition coefficient (Wildman–Crippen LogP) is 5.18. The minimum absolute atomic E-state index is 0.0385. The largest absolute Gasteiger partial charge is 0.494 e. The van der Waals surface area contributed by atoms with E-state index in [2.05, 4.69) is 5.32 Å². The highest BCUT2D eigenvalue weighted by molar-refractivity contribution is 6.00. The molecule has 5 atom stereocenters. The number of nitrogens with two attached hydrogens (primary N) is 1. The molecule has 2 bridgehead atoms. The second-order valence-electron chi connectivity index (χ2n) is 13.5. The van der Waals surface area contributed by atoms with Gasteiger partial charge in [-0.1, -0.05) is 0 Å². The third kappa shape index (κ3) is 5.40. The SMILES string of the molecule is COc1cc(C(=O)N2C[C@H](N)CC[C@@H]2C)cc2nc(-c3cc4ccc5nc4n3CC(F)(F)CCC[C@@H]3C[C@H]3C(=O)N[C@@H]5C)n(C)c12. The number of aryl methyl sites for hydroxylation is 1. The molecule has 2 aliphatic heterocycles. The molecule has 1 aliphatic carbocycles. The van der Waals surface area contributed by atoms with E-state index in [1.54, 1.807) is 21.6 Å². The summed E-state index contributed by atoms with van der Waals surface area (Å²) < 4.78 is 40.5. The van der Waals surface area contributed by atoms with Gasteiger partial charge in [0.25, 0.3) is 11.8 Å². The smallest absolute Gasteiger partial charge is 0.265 e. The van der Waals surface area contributed by atoms with E-state index < -0.39 is 12.5 Å². The molecule has 244 valence electrons. The van der Waals surface area contributed by atoms with Gasteiger partial charge in [0.2, 0.25) is 5.91 Å². The van der Waals surface area contributed by atoms with Crippen molar-refractivity contribution in [2.24, 2.45) is 24.6 Å². The molecule has 1 saturated carbocycles. The quantitative estimate of drug-likeness (QED) is 0.321. The third-order valence-corrected chi connectivity index (χ3v) is 10.1. The van der Waals surface area contributed by atoms with Gasteiger partial charge in [0.15, 0.2) is 5.82 Å². The van der Waals surface area contributed by atoms with E-state index in [0.717, 1.165) is 19.3 Å². The molecule has 0 unspecified atom stereocenters. The van der Waals surface area contributed by atoms with Crippen LogP contribution in [0.2, 0.25) is 0 Å². The number of fused-ring (bicyclic) bond motifs is 3. The lowest BCUT2D eigenvalue weighted by Gasteiger charge is -2.36. The van der Waals surface area contributed by atoms with Gasteiger partial charge in [-0.2, -0.15) is 0 Å². The molecule has 12 heteroatoms. The van der Waals surface area contributed by atoms with E-state index in [9.17, 15) is 9.59 Å². The highest BCUT2D eigenvalue weighted by Crippen LogP contribution is 2.44. The molecular formula is C34H41F2N7O3. The highest BCUT2D eigenvalue weighted by Gasteiger charge is 2.43. The van der Waals surface area contributed by atoms with Crippen molar-refractivity contribution in [1.82, 2.24) is 29.3 Å². The summed E-state index contributed by atoms with van der Waals surface area (Å²) in [6, 6.07) is 8.57. The number of hydrogen-bond donors (Lipinski definition) is 2. The number of rotatable bonds is 3. The van der Waals surface area contributed by atoms with Crippen LogP contribution in [0.15, 0.2) is 30.3 Å². The summed E-state index contributed by atoms with van der Waals surface area (Å²) in [5.41, 5.74) is 9.28. The van der Waals surface area contributed by atoms with Crippen molar-refractivity contribution in [3.63, 3.8) is 0 Å². The Hall–Kier alpha value is -4.06. The molecule has 5 heterocycles. The Morgan fingerprint density at radius 1 is 1.13 bits per heavy atom. The van der Waals surface area contributed by atoms with E-state index in [-0.39, 0.29) is 48.2 Å². The van der Waals surface area contributed by atoms with Crippen LogP contribution in [0.4, 0.5) is 8.78 Å². The summed E-state index contributed by atoms with van der Waals surface area (Å²) in [5, 5.41) is 3.76. The van der Waals surface area contributed by atoms with Crippen LogP contribution in [0.3, 0.4) is 0 Å². The Morgan fingerprint density at radius 3 is 2.72 bits per heavy atom. The summed E-state index contributed by atoms with van der Waals surface area (Å²) in [4.78, 5) is 38.1. The number of benzene rings is 1. The van der Waals surface area contributed by atoms with Crippen LogP contribution in [0.25, 0.3) is 33.6 Å². The maximum Gasteiger partial charge on any atom is 0.265 e. The molecule has 10 nitrogen and oxygen atoms in total. The minimum atomic E-state index is -3.01. The number of ether oxygens (including phenoxy) is 1. The van der Waals surface area contributed by atoms with Crippen molar-refractivity contribution in [2.45, 2.75) is 83.0 Å². The van der Waals surface area contributed by atoms with E-state index >= 15 is 8.78 Å². The summed E-state index contributed by atoms with van der Waals surface area (Å²) in [7, 11) is 3.35. The second kappa shape index (κ2) is 11.3. The maximum atomic E-state index is 15.7. The maximum absolute atomic E-state index is 15.7. The van der Waals surface area contributed by atoms with Crippen LogP contribution >= 0.6 is 0 Å². The first-order valence-electron chi connectivity index (χ1n) is 16.2. The predicted molar refractivity (Wildman–Crippen MR) is 171 cm³/mol. The van der Waals surface area contributed by atoms with Gasteiger partial charge in [-0.3, -0.25) is 9.59 Å². The van der Waals surface area contributed by atoms with Crippen molar-refractivity contribution in [2.75, 3.05) is 13.7 Å². The van der Waals surface area contributed by atoms with Crippen LogP contribution in [-0.2, 0) is 18.4 Å². The van der Waals surface area contributed by atoms with E-state index in [4.69, 9.17) is 20.4 Å². The molecule has 0 radical (unpaired) electrons. The number of pyridine rings is 1. The summed E-state index contributed by atoms with van der Waals surface area (Å²) in [6.45, 7) is 3.80. The number of hydrogen-bond acceptors (Lipinski definition) is 6. The molecule has 46 heavy (non-hydrogen) atoms. The lowest BCUT2D eigenvalue weighted by molar-refractivity contribution is -0.123. The van der Waals surface area contributed by atoms with Gasteiger partial charge < -0.3 is 29.8 Å². The average Bonchev–Trinajstić information content (AvgIpc) is 3.61. The molecule has 3 aromatic heterocycles. The monoisotopic (exact) mass is 633 g/mol. The summed E-state index contributed by atoms with van der Waals surface area (Å²) in [6.07, 6.45) is 3.10. The summed E-state index contributed by atoms with van der Waals surface area (Å²) >= 11 is 0. The third-order valence-electron chi connectivity index (χ3n) is 10.1. The fourth-order valence-electron chi connectivity index (χ4n) is 7.35. The average molecular weight is 634 g/mol. The standard InChI is InChI=1S/C34H41F2N7O3/c1-18-7-9-23(37)16-42(18)33(45)22-13-26-29(28(15-22)46-4)41(3)31(40-26)27-14-21-8-10-25-19(2)38-32(44)24-12-20(24)6-5-11-34(35,36)17-43(27)30(21)39-25/h8,10,13-15,18-20,23-24H,5-7,9,11-12,16-17,37H2,1-4H3,(H,38,44)/t18-,19+,20+,23+,24+/m0/s1. The van der Waals surface area contributed by atoms with Gasteiger partial charge in [0.1, 0.15) is 16.9 Å². The number of carbonyl (C=O) groups excluding carboxylic acids is 2. The van der Waals surface area contributed by atoms with Gasteiger partial charge >= 0.3 is 0 Å². The lowest BCUT2D eigenvalue weighted by Crippen LogP contribution is -2.50. The molecule has 1 saturated heterocycles. The van der Waals surface area contributed by atoms with Crippen LogP contribution < -0.4 is 15.8 Å². The van der Waals surface area contributed by atoms with Crippen LogP contribution in [0, 0.1) is 11.8 Å². The first-order valence-corrected chi connectivity index (χ1v) is 16.2. The number of aromatic nitrogens is 4. The molecule has 2 fully saturated rings. The number of piperidine rings is 1. The zero-order valence-corrected chi connectivity index (χ0v) is 26.7. The van der Waals surface area contributed by atoms with Crippen molar-refractivity contribution < 1.29 is 23.1 Å². The number of nitrogens with one attached hydrogen (secondary N) is 1. The number of carbonyl (C=O) groups is 2. The number of methoxy groups -OCH3 is 1. The number of nitrogens with zero attached hydrogens (tertiary/aromatic N) is 5. The number of alkyl halides is 2. The fourth-order valence-corrected chi connectivity index (χ4v) is 7.35. The van der Waals surface area contributed by atoms with Gasteiger partial charge in [-0.05, 0) is 82.2 Å². The van der Waals surface area contributed by atoms with Crippen molar-refractivity contribution in [3.05, 3.63) is 41.6 Å². The molecular weight excluding hydrogens is 592 g/mol. The normalized spacial score (nSPS) is 26.5. The van der Waals surface area contributed by atoms with Crippen LogP contribution in [0.5, 0.6) is 5.75 Å². The zero-order chi connectivity index (χ0) is 32.5. The molecule has 3 N–H and O–H groups in total. The van der Waals surface area contributed by atoms with Gasteiger partial charge in [-0.15, -0.1) is 0 Å². The molecule has 7 rings (SSSR count). The Bertz CT molecular complexity index is 1850. The first-order chi connectivity index (χ1) is 21.9. The molecule has 3 aliphatic rings. The Morgan fingerprint density at radius 2 is 1.93 bits per heavy atom. The van der Waals surface area contributed by atoms with Gasteiger partial charge in [0.05, 0.1) is 36.6 Å². The number of likely N-dealkylation sites (tertiary alicyclic amines) is 1. The molecule has 0 spiro atoms. The Balaban J connectivity index is 1.34. The van der Waals surface area contributed by atoms with E-state index in [1.807, 2.05) is 43.7 Å². The van der Waals surface area contributed by atoms with Gasteiger partial charge in [-0.25, -0.2) is 18.7 Å². The summed E-state index contributed by atoms with van der Waals surface area (Å²) in [5.74, 6) is -2.23. The number of halogens is 2. The van der Waals surface area contributed by atoms with E-state index in [1.165, 1.54) is 7.11 Å². The number of amides is 2. The molecule has 4 aromatic rings. The Kier molecular flexibility index (Phi) is 7.53. The zero-order valence-electron chi connectivity index (χ0n) is 26.7. The first kappa shape index (κ1) is 30.6. The molecule has 1 aromatic carbocycles. The van der Waals surface area contributed by atoms with Crippen LogP contribution in [-0.4, -0.2) is 67.5 Å². The Labute approximate surface area is 266 Å². The van der Waals surface area contributed by atoms with E-state index in [0.29, 0.717) is 70.0 Å². The minimum Gasteiger partial charge on any atom is -0.494 e. The fraction of sp³-hybridized carbons (Fsp3) is 0.529. The van der Waals surface area contributed by atoms with Crippen molar-refractivity contribution >= 4 is 33.9 Å². The van der Waals surface area contributed by atoms with Crippen molar-refractivity contribution in [1.29, 1.82) is 0 Å². The van der Waals surface area contributed by atoms with Crippen LogP contribution in [0.1, 0.15) is 74.5 Å². The van der Waals surface area contributed by atoms with Gasteiger partial charge in [0, 0.05) is 49.0 Å².